The van der Waals surface area contributed by atoms with E-state index in [9.17, 15) is 0 Å². The van der Waals surface area contributed by atoms with Crippen molar-refractivity contribution >= 4 is 26.8 Å². The molecule has 0 bridgehead atoms. The summed E-state index contributed by atoms with van der Waals surface area (Å²) in [6.07, 6.45) is 0. The molecule has 0 saturated heterocycles. The first-order chi connectivity index (χ1) is 8.64. The number of para-hydroxylation sites is 1. The molecule has 60 valence electrons. The zero-order valence-electron chi connectivity index (χ0n) is 12.8. The minimum Gasteiger partial charge on any atom is -0.227 e. The first kappa shape index (κ1) is 3.07. The number of benzene rings is 1. The lowest BCUT2D eigenvalue weighted by molar-refractivity contribution is 1.10. The maximum Gasteiger partial charge on any atom is 0.197 e. The molecule has 2 rings (SSSR count). The third-order valence-corrected chi connectivity index (χ3v) is 1.67. The van der Waals surface area contributed by atoms with Crippen LogP contribution >= 0.6 is 15.9 Å². The maximum atomic E-state index is 7.78. The van der Waals surface area contributed by atoms with Crippen LogP contribution in [0.25, 0.3) is 10.9 Å². The molecule has 0 aliphatic carbocycles. The van der Waals surface area contributed by atoms with Crippen molar-refractivity contribution in [1.82, 2.24) is 9.97 Å². The van der Waals surface area contributed by atoms with Crippen LogP contribution in [0.1, 0.15) is 15.3 Å². The second-order valence-electron chi connectivity index (χ2n) is 2.06. The van der Waals surface area contributed by atoms with E-state index in [1.165, 1.54) is 0 Å². The summed E-state index contributed by atoms with van der Waals surface area (Å²) in [5.41, 5.74) is -0.504. The third-order valence-electron chi connectivity index (χ3n) is 1.31. The molecular formula is C9H7BrN2. The molecule has 1 aromatic heterocycles. The summed E-state index contributed by atoms with van der Waals surface area (Å²) in [6.45, 7) is -2.60. The molecule has 0 atom stereocenters. The van der Waals surface area contributed by atoms with Gasteiger partial charge in [-0.15, -0.1) is 0 Å². The molecule has 1 heterocycles. The number of aromatic nitrogens is 2. The van der Waals surface area contributed by atoms with Crippen molar-refractivity contribution < 1.29 is 9.60 Å². The van der Waals surface area contributed by atoms with Gasteiger partial charge < -0.3 is 0 Å². The zero-order valence-corrected chi connectivity index (χ0v) is 7.36. The van der Waals surface area contributed by atoms with E-state index in [0.29, 0.717) is 0 Å². The van der Waals surface area contributed by atoms with E-state index in [1.54, 1.807) is 0 Å². The minimum atomic E-state index is -2.60. The second kappa shape index (κ2) is 2.83. The van der Waals surface area contributed by atoms with Crippen molar-refractivity contribution in [3.05, 3.63) is 34.6 Å². The lowest BCUT2D eigenvalue weighted by Gasteiger charge is -1.99. The van der Waals surface area contributed by atoms with Crippen molar-refractivity contribution in [3.8, 4) is 0 Å². The number of rotatable bonds is 0. The van der Waals surface area contributed by atoms with E-state index in [2.05, 4.69) is 25.9 Å². The zero-order chi connectivity index (χ0) is 14.5. The summed E-state index contributed by atoms with van der Waals surface area (Å²) >= 11 is 2.95. The van der Waals surface area contributed by atoms with Crippen LogP contribution in [0, 0.1) is 6.85 Å². The summed E-state index contributed by atoms with van der Waals surface area (Å²) in [5.74, 6) is 0. The fraction of sp³-hybridized carbons (Fsp3) is 0.111. The average Bonchev–Trinajstić information content (AvgIpc) is 2.31. The van der Waals surface area contributed by atoms with Gasteiger partial charge in [-0.1, -0.05) is 18.1 Å². The van der Waals surface area contributed by atoms with Gasteiger partial charge in [-0.05, 0) is 28.8 Å². The van der Waals surface area contributed by atoms with E-state index in [-0.39, 0.29) is 21.7 Å². The van der Waals surface area contributed by atoms with E-state index >= 15 is 0 Å². The van der Waals surface area contributed by atoms with Crippen LogP contribution in [-0.4, -0.2) is 9.97 Å². The highest BCUT2D eigenvalue weighted by atomic mass is 79.9. The highest BCUT2D eigenvalue weighted by Crippen LogP contribution is 2.16. The molecule has 0 saturated carbocycles. The van der Waals surface area contributed by atoms with Gasteiger partial charge in [0.1, 0.15) is 0 Å². The van der Waals surface area contributed by atoms with Crippen molar-refractivity contribution in [2.24, 2.45) is 0 Å². The van der Waals surface area contributed by atoms with Gasteiger partial charge in [0.25, 0.3) is 0 Å². The molecule has 2 nitrogen and oxygen atoms in total. The minimum absolute atomic E-state index is 0.0313. The van der Waals surface area contributed by atoms with E-state index in [1.807, 2.05) is 0 Å². The lowest BCUT2D eigenvalue weighted by Crippen LogP contribution is -1.88. The topological polar surface area (TPSA) is 25.8 Å². The van der Waals surface area contributed by atoms with Crippen molar-refractivity contribution in [3.63, 3.8) is 0 Å². The number of halogens is 1. The Bertz CT molecular complexity index is 683. The van der Waals surface area contributed by atoms with Crippen molar-refractivity contribution in [2.45, 2.75) is 6.85 Å². The summed E-state index contributed by atoms with van der Waals surface area (Å²) < 4.78 is 52.9. The van der Waals surface area contributed by atoms with Crippen molar-refractivity contribution in [2.75, 3.05) is 0 Å². The fourth-order valence-corrected chi connectivity index (χ4v) is 1.18. The predicted molar refractivity (Wildman–Crippen MR) is 52.0 cm³/mol. The number of hydrogen-bond acceptors (Lipinski definition) is 2. The highest BCUT2D eigenvalue weighted by molar-refractivity contribution is 9.10. The molecule has 0 N–H and O–H groups in total. The molecule has 0 aliphatic heterocycles. The van der Waals surface area contributed by atoms with Gasteiger partial charge in [-0.2, -0.15) is 0 Å². The van der Waals surface area contributed by atoms with Crippen LogP contribution in [-0.2, 0) is 0 Å². The SMILES string of the molecule is [2H]c1c([2H])c([2H])c2c(C([2H])([2H])[2H])nc(Br)nc2c1[2H]. The van der Waals surface area contributed by atoms with Crippen molar-refractivity contribution in [1.29, 1.82) is 0 Å². The van der Waals surface area contributed by atoms with Gasteiger partial charge in [0.05, 0.1) is 11.0 Å². The number of hydrogen-bond donors (Lipinski definition) is 0. The molecule has 12 heavy (non-hydrogen) atoms. The van der Waals surface area contributed by atoms with Gasteiger partial charge in [-0.3, -0.25) is 0 Å². The molecular weight excluding hydrogens is 216 g/mol. The Morgan fingerprint density at radius 1 is 1.42 bits per heavy atom. The Hall–Kier alpha value is -0.960. The molecule has 0 aliphatic rings. The summed E-state index contributed by atoms with van der Waals surface area (Å²) in [5, 5.41) is -0.172. The van der Waals surface area contributed by atoms with Gasteiger partial charge >= 0.3 is 0 Å². The first-order valence-electron chi connectivity index (χ1n) is 6.58. The van der Waals surface area contributed by atoms with E-state index < -0.39 is 30.7 Å². The Kier molecular flexibility index (Phi) is 0.723. The molecule has 2 aromatic rings. The molecule has 0 radical (unpaired) electrons. The Balaban J connectivity index is 3.08. The van der Waals surface area contributed by atoms with Crippen LogP contribution < -0.4 is 0 Å². The maximum absolute atomic E-state index is 7.78. The monoisotopic (exact) mass is 229 g/mol. The van der Waals surface area contributed by atoms with Gasteiger partial charge in [-0.25, -0.2) is 9.97 Å². The molecule has 0 unspecified atom stereocenters. The van der Waals surface area contributed by atoms with Gasteiger partial charge in [0.15, 0.2) is 4.73 Å². The largest absolute Gasteiger partial charge is 0.227 e. The molecule has 0 amide bonds. The molecule has 0 spiro atoms. The Labute approximate surface area is 88.6 Å². The fourth-order valence-electron chi connectivity index (χ4n) is 0.827. The average molecular weight is 230 g/mol. The second-order valence-corrected chi connectivity index (χ2v) is 2.77. The molecule has 0 fully saturated rings. The molecule has 3 heteroatoms. The van der Waals surface area contributed by atoms with Crippen LogP contribution in [0.2, 0.25) is 0 Å². The summed E-state index contributed by atoms with van der Waals surface area (Å²) in [7, 11) is 0. The predicted octanol–water partition coefficient (Wildman–Crippen LogP) is 2.70. The Morgan fingerprint density at radius 3 is 3.08 bits per heavy atom. The molecule has 1 aromatic carbocycles. The first-order valence-corrected chi connectivity index (χ1v) is 3.88. The number of fused-ring (bicyclic) bond motifs is 1. The normalized spacial score (nSPS) is 19.9. The van der Waals surface area contributed by atoms with Gasteiger partial charge in [0.2, 0.25) is 0 Å². The lowest BCUT2D eigenvalue weighted by atomic mass is 10.2. The van der Waals surface area contributed by atoms with Gasteiger partial charge in [0, 0.05) is 15.2 Å². The van der Waals surface area contributed by atoms with Crippen LogP contribution in [0.5, 0.6) is 0 Å². The van der Waals surface area contributed by atoms with Crippen LogP contribution in [0.15, 0.2) is 28.9 Å². The van der Waals surface area contributed by atoms with E-state index in [4.69, 9.17) is 9.60 Å². The highest BCUT2D eigenvalue weighted by Gasteiger charge is 1.99. The summed E-state index contributed by atoms with van der Waals surface area (Å²) in [6, 6.07) is -1.80. The standard InChI is InChI=1S/C9H7BrN2/c1-6-7-4-2-3-5-8(7)12-9(10)11-6/h2-5H,1H3/i1D3,2D,3D,4D,5D. The van der Waals surface area contributed by atoms with Crippen LogP contribution in [0.4, 0.5) is 0 Å². The number of aryl methyl sites for hydroxylation is 1. The third kappa shape index (κ3) is 1.20. The quantitative estimate of drug-likeness (QED) is 0.650. The van der Waals surface area contributed by atoms with Crippen LogP contribution in [0.3, 0.4) is 0 Å². The summed E-state index contributed by atoms with van der Waals surface area (Å²) in [4.78, 5) is 7.60. The Morgan fingerprint density at radius 2 is 2.25 bits per heavy atom. The van der Waals surface area contributed by atoms with E-state index in [0.717, 1.165) is 0 Å². The smallest absolute Gasteiger partial charge is 0.197 e. The number of nitrogens with zero attached hydrogens (tertiary/aromatic N) is 2.